The lowest BCUT2D eigenvalue weighted by molar-refractivity contribution is -0.134. The molecule has 0 saturated heterocycles. The van der Waals surface area contributed by atoms with Crippen LogP contribution in [0.4, 0.5) is 5.69 Å². The normalized spacial score (nSPS) is 11.1. The molecule has 208 valence electrons. The van der Waals surface area contributed by atoms with E-state index in [2.05, 4.69) is 24.1 Å². The number of hydrogen-bond acceptors (Lipinski definition) is 4. The monoisotopic (exact) mass is 522 g/mol. The lowest BCUT2D eigenvalue weighted by Gasteiger charge is -2.18. The Bertz CT molecular complexity index is 708. The van der Waals surface area contributed by atoms with Crippen LogP contribution in [0.3, 0.4) is 0 Å². The number of carbonyl (C=O) groups is 1. The topological polar surface area (TPSA) is 51.2 Å². The third kappa shape index (κ3) is 14.4. The molecule has 0 bridgehead atoms. The number of hydrogen-bond donors (Lipinski definition) is 1. The molecule has 1 N–H and O–H groups in total. The minimum Gasteiger partial charge on any atom is -0.405 e. The third-order valence-electron chi connectivity index (χ3n) is 7.06. The number of unbranched alkanes of at least 4 members (excludes halogenated alkanes) is 16. The van der Waals surface area contributed by atoms with Crippen LogP contribution < -0.4 is 10.1 Å². The number of esters is 1. The number of nitrogens with zero attached hydrogens (tertiary/aromatic N) is 1. The highest BCUT2D eigenvalue weighted by Gasteiger charge is 2.19. The molecule has 1 rings (SSSR count). The second kappa shape index (κ2) is 21.8. The van der Waals surface area contributed by atoms with Crippen molar-refractivity contribution < 1.29 is 9.53 Å². The lowest BCUT2D eigenvalue weighted by atomic mass is 10.0. The minimum atomic E-state index is -0.212. The van der Waals surface area contributed by atoms with Gasteiger partial charge >= 0.3 is 5.97 Å². The van der Waals surface area contributed by atoms with Gasteiger partial charge in [-0.3, -0.25) is 4.79 Å². The summed E-state index contributed by atoms with van der Waals surface area (Å²) in [7, 11) is 0. The van der Waals surface area contributed by atoms with Crippen LogP contribution in [0.15, 0.2) is 0 Å². The SMILES string of the molecule is CCCCCCCCCCCCCCCCCC(=O)Oc1nc(Cl)c(C)c(CCCCC)c1NCC. The molecule has 4 nitrogen and oxygen atoms in total. The number of ether oxygens (including phenoxy) is 1. The van der Waals surface area contributed by atoms with E-state index >= 15 is 0 Å². The first-order valence-electron chi connectivity index (χ1n) is 15.2. The second-order valence-corrected chi connectivity index (χ2v) is 10.7. The molecule has 0 amide bonds. The van der Waals surface area contributed by atoms with Gasteiger partial charge in [0.25, 0.3) is 0 Å². The van der Waals surface area contributed by atoms with Crippen LogP contribution in [0.5, 0.6) is 5.88 Å². The zero-order valence-electron chi connectivity index (χ0n) is 24.0. The van der Waals surface area contributed by atoms with Gasteiger partial charge in [-0.15, -0.1) is 0 Å². The highest BCUT2D eigenvalue weighted by Crippen LogP contribution is 2.34. The standard InChI is InChI=1S/C31H55ClN2O2/c1-5-8-10-11-12-13-14-15-16-17-18-19-20-21-23-25-28(35)36-31-29(33-7-3)27(24-22-9-6-2)26(4)30(32)34-31/h33H,5-25H2,1-4H3. The van der Waals surface area contributed by atoms with Gasteiger partial charge < -0.3 is 10.1 Å². The van der Waals surface area contributed by atoms with Crippen molar-refractivity contribution in [2.45, 2.75) is 156 Å². The molecular formula is C31H55ClN2O2. The average molecular weight is 523 g/mol. The molecule has 0 aliphatic heterocycles. The van der Waals surface area contributed by atoms with Gasteiger partial charge in [-0.05, 0) is 44.2 Å². The van der Waals surface area contributed by atoms with Gasteiger partial charge in [-0.1, -0.05) is 128 Å². The van der Waals surface area contributed by atoms with Crippen molar-refractivity contribution in [2.75, 3.05) is 11.9 Å². The van der Waals surface area contributed by atoms with Gasteiger partial charge in [-0.25, -0.2) is 0 Å². The van der Waals surface area contributed by atoms with Gasteiger partial charge in [-0.2, -0.15) is 4.98 Å². The van der Waals surface area contributed by atoms with E-state index in [9.17, 15) is 4.79 Å². The summed E-state index contributed by atoms with van der Waals surface area (Å²) >= 11 is 6.40. The molecule has 1 heterocycles. The number of pyridine rings is 1. The zero-order valence-corrected chi connectivity index (χ0v) is 24.7. The Morgan fingerprint density at radius 3 is 1.72 bits per heavy atom. The molecular weight excluding hydrogens is 468 g/mol. The molecule has 0 aliphatic rings. The Morgan fingerprint density at radius 1 is 0.750 bits per heavy atom. The van der Waals surface area contributed by atoms with E-state index in [0.717, 1.165) is 55.5 Å². The van der Waals surface area contributed by atoms with Crippen LogP contribution in [-0.2, 0) is 11.2 Å². The fourth-order valence-corrected chi connectivity index (χ4v) is 4.96. The Hall–Kier alpha value is -1.29. The van der Waals surface area contributed by atoms with Crippen LogP contribution in [0, 0.1) is 6.92 Å². The molecule has 0 fully saturated rings. The van der Waals surface area contributed by atoms with Crippen LogP contribution in [0.1, 0.15) is 154 Å². The molecule has 0 saturated carbocycles. The fraction of sp³-hybridized carbons (Fsp3) is 0.806. The highest BCUT2D eigenvalue weighted by molar-refractivity contribution is 6.30. The maximum atomic E-state index is 12.5. The van der Waals surface area contributed by atoms with Crippen LogP contribution >= 0.6 is 11.6 Å². The summed E-state index contributed by atoms with van der Waals surface area (Å²) in [4.78, 5) is 16.9. The molecule has 0 atom stereocenters. The Morgan fingerprint density at radius 2 is 1.22 bits per heavy atom. The number of nitrogens with one attached hydrogen (secondary N) is 1. The first-order chi connectivity index (χ1) is 17.5. The van der Waals surface area contributed by atoms with Crippen molar-refractivity contribution in [2.24, 2.45) is 0 Å². The predicted molar refractivity (Wildman–Crippen MR) is 157 cm³/mol. The molecule has 5 heteroatoms. The van der Waals surface area contributed by atoms with E-state index in [-0.39, 0.29) is 5.97 Å². The van der Waals surface area contributed by atoms with Crippen molar-refractivity contribution in [3.05, 3.63) is 16.3 Å². The van der Waals surface area contributed by atoms with E-state index in [1.54, 1.807) is 0 Å². The van der Waals surface area contributed by atoms with E-state index in [1.807, 2.05) is 13.8 Å². The first-order valence-corrected chi connectivity index (χ1v) is 15.6. The predicted octanol–water partition coefficient (Wildman–Crippen LogP) is 10.4. The van der Waals surface area contributed by atoms with Gasteiger partial charge in [0.15, 0.2) is 0 Å². The number of aromatic nitrogens is 1. The van der Waals surface area contributed by atoms with Crippen molar-refractivity contribution in [1.82, 2.24) is 4.98 Å². The average Bonchev–Trinajstić information content (AvgIpc) is 2.86. The smallest absolute Gasteiger partial charge is 0.312 e. The first kappa shape index (κ1) is 32.7. The number of carbonyl (C=O) groups excluding carboxylic acids is 1. The maximum absolute atomic E-state index is 12.5. The zero-order chi connectivity index (χ0) is 26.4. The van der Waals surface area contributed by atoms with Crippen molar-refractivity contribution >= 4 is 23.3 Å². The summed E-state index contributed by atoms with van der Waals surface area (Å²) in [5.41, 5.74) is 2.94. The molecule has 1 aromatic heterocycles. The van der Waals surface area contributed by atoms with E-state index in [4.69, 9.17) is 16.3 Å². The van der Waals surface area contributed by atoms with E-state index in [1.165, 1.54) is 89.9 Å². The fourth-order valence-electron chi connectivity index (χ4n) is 4.77. The summed E-state index contributed by atoms with van der Waals surface area (Å²) < 4.78 is 5.70. The molecule has 0 spiro atoms. The Labute approximate surface area is 227 Å². The van der Waals surface area contributed by atoms with Crippen LogP contribution in [0.25, 0.3) is 0 Å². The summed E-state index contributed by atoms with van der Waals surface area (Å²) in [6.45, 7) is 9.26. The number of anilines is 1. The lowest BCUT2D eigenvalue weighted by Crippen LogP contribution is -2.14. The molecule has 1 aromatic rings. The Kier molecular flexibility index (Phi) is 19.8. The van der Waals surface area contributed by atoms with Gasteiger partial charge in [0.1, 0.15) is 10.8 Å². The van der Waals surface area contributed by atoms with Crippen LogP contribution in [-0.4, -0.2) is 17.5 Å². The minimum absolute atomic E-state index is 0.212. The largest absolute Gasteiger partial charge is 0.405 e. The third-order valence-corrected chi connectivity index (χ3v) is 7.42. The molecule has 0 aliphatic carbocycles. The van der Waals surface area contributed by atoms with E-state index < -0.39 is 0 Å². The molecule has 0 aromatic carbocycles. The highest BCUT2D eigenvalue weighted by atomic mass is 35.5. The molecule has 0 unspecified atom stereocenters. The van der Waals surface area contributed by atoms with E-state index in [0.29, 0.717) is 17.5 Å². The van der Waals surface area contributed by atoms with Crippen molar-refractivity contribution in [1.29, 1.82) is 0 Å². The van der Waals surface area contributed by atoms with Gasteiger partial charge in [0.05, 0.1) is 0 Å². The van der Waals surface area contributed by atoms with Gasteiger partial charge in [0, 0.05) is 13.0 Å². The van der Waals surface area contributed by atoms with Gasteiger partial charge in [0.2, 0.25) is 5.88 Å². The van der Waals surface area contributed by atoms with Crippen LogP contribution in [0.2, 0.25) is 5.15 Å². The number of halogens is 1. The molecule has 36 heavy (non-hydrogen) atoms. The van der Waals surface area contributed by atoms with Crippen molar-refractivity contribution in [3.63, 3.8) is 0 Å². The quantitative estimate of drug-likeness (QED) is 0.0881. The number of rotatable bonds is 23. The summed E-state index contributed by atoms with van der Waals surface area (Å²) in [5, 5.41) is 3.80. The summed E-state index contributed by atoms with van der Waals surface area (Å²) in [6, 6.07) is 0. The summed E-state index contributed by atoms with van der Waals surface area (Å²) in [5.74, 6) is 0.126. The maximum Gasteiger partial charge on any atom is 0.312 e. The Balaban J connectivity index is 2.25. The second-order valence-electron chi connectivity index (χ2n) is 10.3. The summed E-state index contributed by atoms with van der Waals surface area (Å²) in [6.07, 6.45) is 24.4. The van der Waals surface area contributed by atoms with Crippen molar-refractivity contribution in [3.8, 4) is 5.88 Å². The molecule has 0 radical (unpaired) electrons.